The van der Waals surface area contributed by atoms with E-state index in [0.29, 0.717) is 6.04 Å². The minimum Gasteiger partial charge on any atom is -0.370 e. The molecule has 1 aliphatic rings. The van der Waals surface area contributed by atoms with Crippen LogP contribution in [0.15, 0.2) is 60.7 Å². The van der Waals surface area contributed by atoms with E-state index in [1.807, 2.05) is 13.0 Å². The van der Waals surface area contributed by atoms with E-state index in [9.17, 15) is 4.79 Å². The SMILES string of the molecule is Cc1ccc2ccc(N3CCC(N(C)Cc4ccccc4)C3)cc2c1C=O. The number of carbonyl (C=O) groups is 1. The third kappa shape index (κ3) is 3.60. The molecule has 1 unspecified atom stereocenters. The molecular formula is C24H26N2O. The summed E-state index contributed by atoms with van der Waals surface area (Å²) in [6, 6.07) is 21.8. The summed E-state index contributed by atoms with van der Waals surface area (Å²) in [5.74, 6) is 0. The Bertz CT molecular complexity index is 951. The molecule has 4 rings (SSSR count). The van der Waals surface area contributed by atoms with Crippen molar-refractivity contribution in [3.63, 3.8) is 0 Å². The highest BCUT2D eigenvalue weighted by atomic mass is 16.1. The van der Waals surface area contributed by atoms with Crippen LogP contribution in [0, 0.1) is 6.92 Å². The quantitative estimate of drug-likeness (QED) is 0.619. The molecule has 138 valence electrons. The molecule has 0 spiro atoms. The zero-order chi connectivity index (χ0) is 18.8. The molecule has 3 heteroatoms. The number of nitrogens with zero attached hydrogens (tertiary/aromatic N) is 2. The molecule has 0 N–H and O–H groups in total. The summed E-state index contributed by atoms with van der Waals surface area (Å²) in [6.07, 6.45) is 2.15. The number of fused-ring (bicyclic) bond motifs is 1. The molecule has 1 heterocycles. The Balaban J connectivity index is 1.52. The molecule has 0 saturated carbocycles. The van der Waals surface area contributed by atoms with Crippen molar-refractivity contribution >= 4 is 22.7 Å². The molecule has 3 aromatic rings. The van der Waals surface area contributed by atoms with Gasteiger partial charge in [-0.15, -0.1) is 0 Å². The van der Waals surface area contributed by atoms with Gasteiger partial charge in [-0.1, -0.05) is 48.5 Å². The first kappa shape index (κ1) is 17.7. The number of anilines is 1. The topological polar surface area (TPSA) is 23.6 Å². The molecule has 0 aliphatic carbocycles. The highest BCUT2D eigenvalue weighted by Gasteiger charge is 2.26. The lowest BCUT2D eigenvalue weighted by Gasteiger charge is -2.25. The van der Waals surface area contributed by atoms with Crippen LogP contribution < -0.4 is 4.90 Å². The van der Waals surface area contributed by atoms with Crippen molar-refractivity contribution in [1.29, 1.82) is 0 Å². The normalized spacial score (nSPS) is 17.0. The molecular weight excluding hydrogens is 332 g/mol. The maximum Gasteiger partial charge on any atom is 0.150 e. The number of likely N-dealkylation sites (N-methyl/N-ethyl adjacent to an activating group) is 1. The first-order valence-electron chi connectivity index (χ1n) is 9.63. The van der Waals surface area contributed by atoms with Crippen molar-refractivity contribution in [3.05, 3.63) is 77.4 Å². The van der Waals surface area contributed by atoms with Gasteiger partial charge in [-0.3, -0.25) is 9.69 Å². The Hall–Kier alpha value is -2.65. The maximum atomic E-state index is 11.6. The number of benzene rings is 3. The summed E-state index contributed by atoms with van der Waals surface area (Å²) in [5, 5.41) is 2.19. The molecule has 3 aromatic carbocycles. The monoisotopic (exact) mass is 358 g/mol. The van der Waals surface area contributed by atoms with Crippen molar-refractivity contribution in [3.8, 4) is 0 Å². The van der Waals surface area contributed by atoms with Crippen LogP contribution in [0.4, 0.5) is 5.69 Å². The van der Waals surface area contributed by atoms with Crippen molar-refractivity contribution in [2.75, 3.05) is 25.0 Å². The number of hydrogen-bond acceptors (Lipinski definition) is 3. The molecule has 3 nitrogen and oxygen atoms in total. The predicted molar refractivity (Wildman–Crippen MR) is 113 cm³/mol. The van der Waals surface area contributed by atoms with Gasteiger partial charge in [-0.25, -0.2) is 0 Å². The number of rotatable bonds is 5. The number of aldehydes is 1. The van der Waals surface area contributed by atoms with Crippen LogP contribution >= 0.6 is 0 Å². The van der Waals surface area contributed by atoms with Gasteiger partial charge < -0.3 is 4.90 Å². The summed E-state index contributed by atoms with van der Waals surface area (Å²) >= 11 is 0. The van der Waals surface area contributed by atoms with Crippen LogP contribution in [0.3, 0.4) is 0 Å². The highest BCUT2D eigenvalue weighted by Crippen LogP contribution is 2.29. The molecule has 0 bridgehead atoms. The average Bonchev–Trinajstić information content (AvgIpc) is 3.19. The maximum absolute atomic E-state index is 11.6. The summed E-state index contributed by atoms with van der Waals surface area (Å²) in [4.78, 5) is 16.5. The van der Waals surface area contributed by atoms with Gasteiger partial charge in [-0.05, 0) is 54.4 Å². The van der Waals surface area contributed by atoms with Crippen LogP contribution in [0.1, 0.15) is 27.9 Å². The smallest absolute Gasteiger partial charge is 0.150 e. The van der Waals surface area contributed by atoms with E-state index in [0.717, 1.165) is 54.2 Å². The first-order chi connectivity index (χ1) is 13.2. The van der Waals surface area contributed by atoms with Gasteiger partial charge >= 0.3 is 0 Å². The summed E-state index contributed by atoms with van der Waals surface area (Å²) in [5.41, 5.74) is 4.42. The second kappa shape index (κ2) is 7.53. The van der Waals surface area contributed by atoms with Gasteiger partial charge in [0.15, 0.2) is 6.29 Å². The summed E-state index contributed by atoms with van der Waals surface area (Å²) in [7, 11) is 2.22. The van der Waals surface area contributed by atoms with E-state index in [2.05, 4.69) is 71.4 Å². The fourth-order valence-corrected chi connectivity index (χ4v) is 4.13. The Morgan fingerprint density at radius 1 is 1.11 bits per heavy atom. The Morgan fingerprint density at radius 3 is 2.67 bits per heavy atom. The highest BCUT2D eigenvalue weighted by molar-refractivity contribution is 6.00. The van der Waals surface area contributed by atoms with E-state index >= 15 is 0 Å². The van der Waals surface area contributed by atoms with Gasteiger partial charge in [-0.2, -0.15) is 0 Å². The number of hydrogen-bond donors (Lipinski definition) is 0. The third-order valence-corrected chi connectivity index (χ3v) is 5.81. The van der Waals surface area contributed by atoms with Gasteiger partial charge in [0, 0.05) is 36.9 Å². The molecule has 1 saturated heterocycles. The minimum atomic E-state index is 0.545. The van der Waals surface area contributed by atoms with Gasteiger partial charge in [0.25, 0.3) is 0 Å². The minimum absolute atomic E-state index is 0.545. The molecule has 0 aromatic heterocycles. The lowest BCUT2D eigenvalue weighted by molar-refractivity contribution is 0.112. The summed E-state index contributed by atoms with van der Waals surface area (Å²) in [6.45, 7) is 5.06. The van der Waals surface area contributed by atoms with Crippen molar-refractivity contribution < 1.29 is 4.79 Å². The first-order valence-corrected chi connectivity index (χ1v) is 9.63. The van der Waals surface area contributed by atoms with E-state index in [1.54, 1.807) is 0 Å². The zero-order valence-electron chi connectivity index (χ0n) is 16.1. The van der Waals surface area contributed by atoms with Gasteiger partial charge in [0.05, 0.1) is 0 Å². The molecule has 1 atom stereocenters. The Morgan fingerprint density at radius 2 is 1.89 bits per heavy atom. The molecule has 0 amide bonds. The fraction of sp³-hybridized carbons (Fsp3) is 0.292. The van der Waals surface area contributed by atoms with Crippen molar-refractivity contribution in [1.82, 2.24) is 4.90 Å². The van der Waals surface area contributed by atoms with Crippen LogP contribution in [0.5, 0.6) is 0 Å². The molecule has 27 heavy (non-hydrogen) atoms. The zero-order valence-corrected chi connectivity index (χ0v) is 16.1. The summed E-state index contributed by atoms with van der Waals surface area (Å²) < 4.78 is 0. The Kier molecular flexibility index (Phi) is 4.95. The Labute approximate surface area is 161 Å². The predicted octanol–water partition coefficient (Wildman–Crippen LogP) is 4.67. The standard InChI is InChI=1S/C24H26N2O/c1-18-8-9-20-10-11-21(14-23(20)24(18)17-27)26-13-12-22(16-26)25(2)15-19-6-4-3-5-7-19/h3-11,14,17,22H,12-13,15-16H2,1-2H3. The van der Waals surface area contributed by atoms with Crippen molar-refractivity contribution in [2.45, 2.75) is 25.9 Å². The number of aryl methyl sites for hydroxylation is 1. The lowest BCUT2D eigenvalue weighted by Crippen LogP contribution is -2.34. The van der Waals surface area contributed by atoms with E-state index in [-0.39, 0.29) is 0 Å². The van der Waals surface area contributed by atoms with Gasteiger partial charge in [0.2, 0.25) is 0 Å². The largest absolute Gasteiger partial charge is 0.370 e. The second-order valence-corrected chi connectivity index (χ2v) is 7.61. The lowest BCUT2D eigenvalue weighted by atomic mass is 10.00. The van der Waals surface area contributed by atoms with Crippen LogP contribution in [-0.2, 0) is 6.54 Å². The number of carbonyl (C=O) groups excluding carboxylic acids is 1. The van der Waals surface area contributed by atoms with Crippen LogP contribution in [0.25, 0.3) is 10.8 Å². The van der Waals surface area contributed by atoms with Gasteiger partial charge in [0.1, 0.15) is 0 Å². The van der Waals surface area contributed by atoms with E-state index in [4.69, 9.17) is 0 Å². The molecule has 1 aliphatic heterocycles. The third-order valence-electron chi connectivity index (χ3n) is 5.81. The second-order valence-electron chi connectivity index (χ2n) is 7.61. The van der Waals surface area contributed by atoms with Crippen molar-refractivity contribution in [2.24, 2.45) is 0 Å². The van der Waals surface area contributed by atoms with E-state index < -0.39 is 0 Å². The average molecular weight is 358 g/mol. The van der Waals surface area contributed by atoms with E-state index in [1.165, 1.54) is 11.3 Å². The van der Waals surface area contributed by atoms with Crippen LogP contribution in [-0.4, -0.2) is 37.4 Å². The molecule has 0 radical (unpaired) electrons. The van der Waals surface area contributed by atoms with Crippen LogP contribution in [0.2, 0.25) is 0 Å². The molecule has 1 fully saturated rings. The fourth-order valence-electron chi connectivity index (χ4n) is 4.13.